The monoisotopic (exact) mass is 292 g/mol. The van der Waals surface area contributed by atoms with Gasteiger partial charge in [-0.1, -0.05) is 17.7 Å². The van der Waals surface area contributed by atoms with Crippen molar-refractivity contribution in [2.75, 3.05) is 13.1 Å². The quantitative estimate of drug-likeness (QED) is 0.745. The standard InChI is InChI=1S/C12H12ClF3N2O/c13-10-5-1-4-9(17-10)11(19)18-6-2-3-8(7-18)12(14,15)16/h1,4-5,8H,2-3,6-7H2. The summed E-state index contributed by atoms with van der Waals surface area (Å²) < 4.78 is 38.0. The smallest absolute Gasteiger partial charge is 0.337 e. The molecule has 1 aliphatic rings. The predicted octanol–water partition coefficient (Wildman–Crippen LogP) is 3.15. The lowest BCUT2D eigenvalue weighted by Crippen LogP contribution is -2.44. The van der Waals surface area contributed by atoms with Gasteiger partial charge in [0.25, 0.3) is 5.91 Å². The summed E-state index contributed by atoms with van der Waals surface area (Å²) in [5.41, 5.74) is 0.0790. The highest BCUT2D eigenvalue weighted by Gasteiger charge is 2.42. The third-order valence-corrected chi connectivity index (χ3v) is 3.32. The number of nitrogens with zero attached hydrogens (tertiary/aromatic N) is 2. The molecule has 19 heavy (non-hydrogen) atoms. The number of carbonyl (C=O) groups is 1. The molecule has 0 aromatic carbocycles. The molecule has 7 heteroatoms. The molecular weight excluding hydrogens is 281 g/mol. The van der Waals surface area contributed by atoms with Crippen molar-refractivity contribution in [2.24, 2.45) is 5.92 Å². The van der Waals surface area contributed by atoms with Crippen LogP contribution in [0.3, 0.4) is 0 Å². The lowest BCUT2D eigenvalue weighted by molar-refractivity contribution is -0.184. The Morgan fingerprint density at radius 3 is 2.79 bits per heavy atom. The van der Waals surface area contributed by atoms with Crippen molar-refractivity contribution >= 4 is 17.5 Å². The number of pyridine rings is 1. The van der Waals surface area contributed by atoms with E-state index in [9.17, 15) is 18.0 Å². The van der Waals surface area contributed by atoms with Crippen molar-refractivity contribution in [3.8, 4) is 0 Å². The van der Waals surface area contributed by atoms with Crippen molar-refractivity contribution in [3.63, 3.8) is 0 Å². The zero-order valence-corrected chi connectivity index (χ0v) is 10.7. The van der Waals surface area contributed by atoms with Crippen LogP contribution in [0.1, 0.15) is 23.3 Å². The van der Waals surface area contributed by atoms with Gasteiger partial charge in [0.05, 0.1) is 5.92 Å². The molecule has 1 aliphatic heterocycles. The summed E-state index contributed by atoms with van der Waals surface area (Å²) in [6.07, 6.45) is -3.85. The SMILES string of the molecule is O=C(c1cccc(Cl)n1)N1CCCC(C(F)(F)F)C1. The fourth-order valence-electron chi connectivity index (χ4n) is 2.12. The molecule has 0 spiro atoms. The number of alkyl halides is 3. The predicted molar refractivity (Wildman–Crippen MR) is 63.9 cm³/mol. The van der Waals surface area contributed by atoms with Gasteiger partial charge in [-0.3, -0.25) is 4.79 Å². The molecule has 1 aromatic rings. The van der Waals surface area contributed by atoms with E-state index in [0.29, 0.717) is 13.0 Å². The maximum atomic E-state index is 12.7. The van der Waals surface area contributed by atoms with Gasteiger partial charge in [0, 0.05) is 13.1 Å². The van der Waals surface area contributed by atoms with Gasteiger partial charge in [-0.15, -0.1) is 0 Å². The summed E-state index contributed by atoms with van der Waals surface area (Å²) >= 11 is 5.67. The third-order valence-electron chi connectivity index (χ3n) is 3.11. The molecule has 1 amide bonds. The molecule has 1 fully saturated rings. The summed E-state index contributed by atoms with van der Waals surface area (Å²) in [5.74, 6) is -1.96. The van der Waals surface area contributed by atoms with Crippen LogP contribution in [0.15, 0.2) is 18.2 Å². The summed E-state index contributed by atoms with van der Waals surface area (Å²) in [6.45, 7) is 0.0101. The van der Waals surface area contributed by atoms with E-state index in [4.69, 9.17) is 11.6 Å². The number of amides is 1. The summed E-state index contributed by atoms with van der Waals surface area (Å²) in [4.78, 5) is 17.1. The second kappa shape index (κ2) is 5.36. The van der Waals surface area contributed by atoms with Crippen LogP contribution in [0.2, 0.25) is 5.15 Å². The van der Waals surface area contributed by atoms with Crippen molar-refractivity contribution in [1.82, 2.24) is 9.88 Å². The van der Waals surface area contributed by atoms with Gasteiger partial charge in [0.15, 0.2) is 0 Å². The summed E-state index contributed by atoms with van der Waals surface area (Å²) in [7, 11) is 0. The van der Waals surface area contributed by atoms with Crippen molar-refractivity contribution < 1.29 is 18.0 Å². The molecule has 0 N–H and O–H groups in total. The Morgan fingerprint density at radius 2 is 2.16 bits per heavy atom. The molecule has 2 heterocycles. The first-order chi connectivity index (χ1) is 8.88. The van der Waals surface area contributed by atoms with E-state index in [1.165, 1.54) is 17.0 Å². The largest absolute Gasteiger partial charge is 0.393 e. The molecular formula is C12H12ClF3N2O. The normalized spacial score (nSPS) is 20.4. The van der Waals surface area contributed by atoms with Crippen LogP contribution >= 0.6 is 11.6 Å². The average Bonchev–Trinajstić information content (AvgIpc) is 2.37. The van der Waals surface area contributed by atoms with Gasteiger partial charge in [0.1, 0.15) is 10.8 Å². The lowest BCUT2D eigenvalue weighted by Gasteiger charge is -2.33. The maximum absolute atomic E-state index is 12.7. The van der Waals surface area contributed by atoms with Gasteiger partial charge in [-0.2, -0.15) is 13.2 Å². The lowest BCUT2D eigenvalue weighted by atomic mass is 9.97. The number of halogens is 4. The van der Waals surface area contributed by atoms with Gasteiger partial charge in [-0.05, 0) is 25.0 Å². The van der Waals surface area contributed by atoms with E-state index in [1.54, 1.807) is 6.07 Å². The highest BCUT2D eigenvalue weighted by Crippen LogP contribution is 2.33. The molecule has 3 nitrogen and oxygen atoms in total. The Kier molecular flexibility index (Phi) is 3.99. The van der Waals surface area contributed by atoms with Crippen molar-refractivity contribution in [2.45, 2.75) is 19.0 Å². The Labute approximate surface area is 113 Å². The molecule has 1 unspecified atom stereocenters. The van der Waals surface area contributed by atoms with Gasteiger partial charge in [0.2, 0.25) is 0 Å². The Hall–Kier alpha value is -1.30. The number of piperidine rings is 1. The summed E-state index contributed by atoms with van der Waals surface area (Å²) in [5, 5.41) is 0.148. The zero-order valence-electron chi connectivity index (χ0n) is 9.95. The number of hydrogen-bond acceptors (Lipinski definition) is 2. The molecule has 1 saturated heterocycles. The first kappa shape index (κ1) is 14.1. The molecule has 0 bridgehead atoms. The van der Waals surface area contributed by atoms with Crippen LogP contribution in [-0.2, 0) is 0 Å². The van der Waals surface area contributed by atoms with E-state index in [-0.39, 0.29) is 23.8 Å². The molecule has 2 rings (SSSR count). The van der Waals surface area contributed by atoms with E-state index in [1.807, 2.05) is 0 Å². The number of aromatic nitrogens is 1. The van der Waals surface area contributed by atoms with Gasteiger partial charge < -0.3 is 4.90 Å². The molecule has 1 aromatic heterocycles. The fourth-order valence-corrected chi connectivity index (χ4v) is 2.28. The van der Waals surface area contributed by atoms with Crippen LogP contribution in [-0.4, -0.2) is 35.1 Å². The molecule has 0 radical (unpaired) electrons. The van der Waals surface area contributed by atoms with Crippen molar-refractivity contribution in [3.05, 3.63) is 29.0 Å². The minimum absolute atomic E-state index is 0.0657. The van der Waals surface area contributed by atoms with E-state index < -0.39 is 18.0 Å². The average molecular weight is 293 g/mol. The second-order valence-corrected chi connectivity index (χ2v) is 4.86. The molecule has 104 valence electrons. The second-order valence-electron chi connectivity index (χ2n) is 4.48. The molecule has 0 aliphatic carbocycles. The van der Waals surface area contributed by atoms with Crippen LogP contribution in [0.4, 0.5) is 13.2 Å². The number of rotatable bonds is 1. The Balaban J connectivity index is 2.11. The van der Waals surface area contributed by atoms with E-state index in [2.05, 4.69) is 4.98 Å². The number of carbonyl (C=O) groups excluding carboxylic acids is 1. The molecule has 0 saturated carbocycles. The molecule has 1 atom stereocenters. The van der Waals surface area contributed by atoms with Gasteiger partial charge in [-0.25, -0.2) is 4.98 Å². The van der Waals surface area contributed by atoms with Gasteiger partial charge >= 0.3 is 6.18 Å². The zero-order chi connectivity index (χ0) is 14.0. The minimum Gasteiger partial charge on any atom is -0.337 e. The number of likely N-dealkylation sites (tertiary alicyclic amines) is 1. The third kappa shape index (κ3) is 3.37. The Morgan fingerprint density at radius 1 is 1.42 bits per heavy atom. The topological polar surface area (TPSA) is 33.2 Å². The van der Waals surface area contributed by atoms with E-state index >= 15 is 0 Å². The van der Waals surface area contributed by atoms with Crippen LogP contribution in [0, 0.1) is 5.92 Å². The van der Waals surface area contributed by atoms with E-state index in [0.717, 1.165) is 0 Å². The number of hydrogen-bond donors (Lipinski definition) is 0. The highest BCUT2D eigenvalue weighted by atomic mass is 35.5. The Bertz CT molecular complexity index is 478. The van der Waals surface area contributed by atoms with Crippen LogP contribution in [0.25, 0.3) is 0 Å². The van der Waals surface area contributed by atoms with Crippen LogP contribution in [0.5, 0.6) is 0 Å². The minimum atomic E-state index is -4.26. The first-order valence-electron chi connectivity index (χ1n) is 5.86. The van der Waals surface area contributed by atoms with Crippen molar-refractivity contribution in [1.29, 1.82) is 0 Å². The van der Waals surface area contributed by atoms with Crippen LogP contribution < -0.4 is 0 Å². The summed E-state index contributed by atoms with van der Waals surface area (Å²) in [6, 6.07) is 4.51. The first-order valence-corrected chi connectivity index (χ1v) is 6.24. The fraction of sp³-hybridized carbons (Fsp3) is 0.500. The maximum Gasteiger partial charge on any atom is 0.393 e. The highest BCUT2D eigenvalue weighted by molar-refractivity contribution is 6.29.